The van der Waals surface area contributed by atoms with Crippen molar-refractivity contribution >= 4 is 34.9 Å². The maximum absolute atomic E-state index is 12.6. The van der Waals surface area contributed by atoms with Gasteiger partial charge in [0, 0.05) is 29.4 Å². The molecule has 1 aliphatic heterocycles. The Morgan fingerprint density at radius 1 is 1.17 bits per heavy atom. The Morgan fingerprint density at radius 2 is 1.93 bits per heavy atom. The third-order valence-corrected chi connectivity index (χ3v) is 5.10. The minimum Gasteiger partial charge on any atom is -0.462 e. The van der Waals surface area contributed by atoms with E-state index in [9.17, 15) is 9.59 Å². The summed E-state index contributed by atoms with van der Waals surface area (Å²) in [5.41, 5.74) is 3.09. The smallest absolute Gasteiger partial charge is 0.340 e. The molecule has 1 heterocycles. The Bertz CT molecular complexity index is 894. The average Bonchev–Trinajstić information content (AvgIpc) is 2.74. The zero-order chi connectivity index (χ0) is 20.8. The number of nitrogens with one attached hydrogen (secondary N) is 1. The first-order chi connectivity index (χ1) is 14.0. The Morgan fingerprint density at radius 3 is 2.62 bits per heavy atom. The van der Waals surface area contributed by atoms with Crippen molar-refractivity contribution in [3.8, 4) is 0 Å². The number of nitrogens with zero attached hydrogens (tertiary/aromatic N) is 1. The highest BCUT2D eigenvalue weighted by molar-refractivity contribution is 6.31. The molecule has 0 atom stereocenters. The molecular weight excluding hydrogens is 392 g/mol. The van der Waals surface area contributed by atoms with Crippen molar-refractivity contribution < 1.29 is 19.1 Å². The molecule has 3 rings (SSSR count). The molecule has 0 radical (unpaired) electrons. The normalized spacial score (nSPS) is 13.8. The molecule has 154 valence electrons. The third kappa shape index (κ3) is 5.28. The Kier molecular flexibility index (Phi) is 7.12. The van der Waals surface area contributed by atoms with E-state index in [0.29, 0.717) is 54.7 Å². The standard InChI is InChI=1S/C22H25ClN2O4/c1-3-10-29-22(27)18-14-17(6-7-20(18)25-8-11-28-12-9-25)24-21(26)16-5-4-15(2)19(23)13-16/h4-7,13-14H,3,8-12H2,1-2H3,(H,24,26). The number of amides is 1. The van der Waals surface area contributed by atoms with Crippen molar-refractivity contribution in [1.29, 1.82) is 0 Å². The summed E-state index contributed by atoms with van der Waals surface area (Å²) in [6.07, 6.45) is 0.739. The molecule has 0 aromatic heterocycles. The van der Waals surface area contributed by atoms with E-state index in [2.05, 4.69) is 10.2 Å². The quantitative estimate of drug-likeness (QED) is 0.711. The van der Waals surface area contributed by atoms with Gasteiger partial charge in [-0.2, -0.15) is 0 Å². The first kappa shape index (κ1) is 21.1. The first-order valence-corrected chi connectivity index (χ1v) is 10.1. The predicted molar refractivity (Wildman–Crippen MR) is 114 cm³/mol. The molecule has 0 bridgehead atoms. The van der Waals surface area contributed by atoms with E-state index in [0.717, 1.165) is 17.7 Å². The van der Waals surface area contributed by atoms with Crippen LogP contribution in [0.2, 0.25) is 5.02 Å². The van der Waals surface area contributed by atoms with E-state index >= 15 is 0 Å². The number of morpholine rings is 1. The number of ether oxygens (including phenoxy) is 2. The lowest BCUT2D eigenvalue weighted by molar-refractivity contribution is 0.0504. The summed E-state index contributed by atoms with van der Waals surface area (Å²) in [6.45, 7) is 6.78. The topological polar surface area (TPSA) is 67.9 Å². The summed E-state index contributed by atoms with van der Waals surface area (Å²) in [4.78, 5) is 27.3. The van der Waals surface area contributed by atoms with Crippen LogP contribution in [0.3, 0.4) is 0 Å². The van der Waals surface area contributed by atoms with E-state index in [4.69, 9.17) is 21.1 Å². The molecule has 2 aromatic rings. The molecule has 0 spiro atoms. The Labute approximate surface area is 175 Å². The number of carbonyl (C=O) groups excluding carboxylic acids is 2. The summed E-state index contributed by atoms with van der Waals surface area (Å²) in [5.74, 6) is -0.693. The van der Waals surface area contributed by atoms with E-state index in [1.807, 2.05) is 19.9 Å². The second-order valence-corrected chi connectivity index (χ2v) is 7.29. The van der Waals surface area contributed by atoms with Crippen LogP contribution in [0.25, 0.3) is 0 Å². The minimum atomic E-state index is -0.400. The van der Waals surface area contributed by atoms with Gasteiger partial charge in [-0.3, -0.25) is 4.79 Å². The molecule has 29 heavy (non-hydrogen) atoms. The molecule has 1 saturated heterocycles. The van der Waals surface area contributed by atoms with Crippen LogP contribution in [0.5, 0.6) is 0 Å². The van der Waals surface area contributed by atoms with Gasteiger partial charge in [0.15, 0.2) is 0 Å². The molecule has 1 N–H and O–H groups in total. The second-order valence-electron chi connectivity index (χ2n) is 6.89. The van der Waals surface area contributed by atoms with Gasteiger partial charge in [0.25, 0.3) is 5.91 Å². The molecule has 0 unspecified atom stereocenters. The summed E-state index contributed by atoms with van der Waals surface area (Å²) in [6, 6.07) is 10.4. The van der Waals surface area contributed by atoms with Crippen LogP contribution >= 0.6 is 11.6 Å². The van der Waals surface area contributed by atoms with Crippen molar-refractivity contribution in [2.24, 2.45) is 0 Å². The summed E-state index contributed by atoms with van der Waals surface area (Å²) in [5, 5.41) is 3.37. The third-order valence-electron chi connectivity index (χ3n) is 4.70. The number of benzene rings is 2. The molecule has 0 aliphatic carbocycles. The van der Waals surface area contributed by atoms with Crippen LogP contribution in [-0.4, -0.2) is 44.8 Å². The number of hydrogen-bond acceptors (Lipinski definition) is 5. The maximum atomic E-state index is 12.6. The maximum Gasteiger partial charge on any atom is 0.340 e. The summed E-state index contributed by atoms with van der Waals surface area (Å²) < 4.78 is 10.8. The lowest BCUT2D eigenvalue weighted by atomic mass is 10.1. The number of hydrogen-bond donors (Lipinski definition) is 1. The van der Waals surface area contributed by atoms with Crippen molar-refractivity contribution in [2.75, 3.05) is 43.1 Å². The highest BCUT2D eigenvalue weighted by Gasteiger charge is 2.21. The highest BCUT2D eigenvalue weighted by atomic mass is 35.5. The number of esters is 1. The SMILES string of the molecule is CCCOC(=O)c1cc(NC(=O)c2ccc(C)c(Cl)c2)ccc1N1CCOCC1. The minimum absolute atomic E-state index is 0.293. The zero-order valence-corrected chi connectivity index (χ0v) is 17.4. The van der Waals surface area contributed by atoms with Gasteiger partial charge in [-0.1, -0.05) is 24.6 Å². The van der Waals surface area contributed by atoms with Gasteiger partial charge in [-0.15, -0.1) is 0 Å². The van der Waals surface area contributed by atoms with Gasteiger partial charge < -0.3 is 19.7 Å². The lowest BCUT2D eigenvalue weighted by Gasteiger charge is -2.30. The van der Waals surface area contributed by atoms with Crippen LogP contribution in [0.1, 0.15) is 39.6 Å². The van der Waals surface area contributed by atoms with Crippen molar-refractivity contribution in [3.63, 3.8) is 0 Å². The Hall–Kier alpha value is -2.57. The molecule has 1 amide bonds. The van der Waals surface area contributed by atoms with Gasteiger partial charge in [-0.05, 0) is 49.2 Å². The first-order valence-electron chi connectivity index (χ1n) is 9.71. The second kappa shape index (κ2) is 9.76. The van der Waals surface area contributed by atoms with Crippen LogP contribution in [0, 0.1) is 6.92 Å². The van der Waals surface area contributed by atoms with Crippen molar-refractivity contribution in [3.05, 3.63) is 58.1 Å². The molecular formula is C22H25ClN2O4. The number of aryl methyl sites for hydroxylation is 1. The van der Waals surface area contributed by atoms with Crippen molar-refractivity contribution in [1.82, 2.24) is 0 Å². The summed E-state index contributed by atoms with van der Waals surface area (Å²) >= 11 is 6.13. The van der Waals surface area contributed by atoms with Gasteiger partial charge in [-0.25, -0.2) is 4.79 Å². The molecule has 1 fully saturated rings. The average molecular weight is 417 g/mol. The highest BCUT2D eigenvalue weighted by Crippen LogP contribution is 2.27. The molecule has 6 nitrogen and oxygen atoms in total. The predicted octanol–water partition coefficient (Wildman–Crippen LogP) is 4.30. The van der Waals surface area contributed by atoms with Crippen LogP contribution < -0.4 is 10.2 Å². The fraction of sp³-hybridized carbons (Fsp3) is 0.364. The monoisotopic (exact) mass is 416 g/mol. The lowest BCUT2D eigenvalue weighted by Crippen LogP contribution is -2.37. The number of halogens is 1. The molecule has 2 aromatic carbocycles. The van der Waals surface area contributed by atoms with Crippen molar-refractivity contribution in [2.45, 2.75) is 20.3 Å². The molecule has 1 aliphatic rings. The summed E-state index contributed by atoms with van der Waals surface area (Å²) in [7, 11) is 0. The fourth-order valence-electron chi connectivity index (χ4n) is 3.07. The number of rotatable bonds is 6. The largest absolute Gasteiger partial charge is 0.462 e. The van der Waals surface area contributed by atoms with Gasteiger partial charge in [0.05, 0.1) is 31.1 Å². The van der Waals surface area contributed by atoms with Gasteiger partial charge in [0.1, 0.15) is 0 Å². The van der Waals surface area contributed by atoms with E-state index in [1.165, 1.54) is 0 Å². The van der Waals surface area contributed by atoms with Crippen LogP contribution in [-0.2, 0) is 9.47 Å². The van der Waals surface area contributed by atoms with Gasteiger partial charge in [0.2, 0.25) is 0 Å². The zero-order valence-electron chi connectivity index (χ0n) is 16.7. The number of carbonyl (C=O) groups is 2. The van der Waals surface area contributed by atoms with Crippen LogP contribution in [0.4, 0.5) is 11.4 Å². The number of anilines is 2. The molecule has 7 heteroatoms. The van der Waals surface area contributed by atoms with Gasteiger partial charge >= 0.3 is 5.97 Å². The van der Waals surface area contributed by atoms with E-state index in [1.54, 1.807) is 30.3 Å². The van der Waals surface area contributed by atoms with E-state index < -0.39 is 5.97 Å². The Balaban J connectivity index is 1.85. The molecule has 0 saturated carbocycles. The van der Waals surface area contributed by atoms with E-state index in [-0.39, 0.29) is 5.91 Å². The van der Waals surface area contributed by atoms with Crippen LogP contribution in [0.15, 0.2) is 36.4 Å². The fourth-order valence-corrected chi connectivity index (χ4v) is 3.25.